The summed E-state index contributed by atoms with van der Waals surface area (Å²) in [6.07, 6.45) is 0. The van der Waals surface area contributed by atoms with E-state index in [1.807, 2.05) is 24.3 Å². The van der Waals surface area contributed by atoms with Crippen molar-refractivity contribution in [3.05, 3.63) is 176 Å². The Kier molecular flexibility index (Phi) is 6.22. The topological polar surface area (TPSA) is 42.7 Å². The van der Waals surface area contributed by atoms with Crippen LogP contribution in [-0.2, 0) is 0 Å². The third-order valence-corrected chi connectivity index (χ3v) is 10.3. The van der Waals surface area contributed by atoms with Gasteiger partial charge in [-0.15, -0.1) is 0 Å². The Morgan fingerprint density at radius 1 is 0.288 bits per heavy atom. The fourth-order valence-corrected chi connectivity index (χ4v) is 8.01. The SMILES string of the molecule is c1ccc(N(c2ccccc2)c2cccc3oc4c(-c5cccc6c5oc5c(-c7cccc8c7oc7ccccc78)cccc56)cccc4c23)cc1. The first-order valence-electron chi connectivity index (χ1n) is 17.5. The zero-order valence-corrected chi connectivity index (χ0v) is 27.9. The van der Waals surface area contributed by atoms with Gasteiger partial charge in [0, 0.05) is 60.6 Å². The second kappa shape index (κ2) is 11.2. The van der Waals surface area contributed by atoms with Gasteiger partial charge in [0.1, 0.15) is 33.5 Å². The Bertz CT molecular complexity index is 3090. The standard InChI is InChI=1S/C48H29NO3/c1-3-14-30(15-4-1)49(31-16-5-2-6-17-31)41-27-13-29-43-44(41)40-26-12-25-39(48(40)51-43)38-24-11-23-37-36-22-10-21-35(46(36)52-47(37)38)34-20-9-19-33-32-18-7-8-28-42(32)50-45(33)34/h1-29H. The van der Waals surface area contributed by atoms with E-state index in [9.17, 15) is 0 Å². The third kappa shape index (κ3) is 4.21. The summed E-state index contributed by atoms with van der Waals surface area (Å²) in [4.78, 5) is 2.30. The fraction of sp³-hybridized carbons (Fsp3) is 0. The molecule has 0 atom stereocenters. The average molecular weight is 668 g/mol. The van der Waals surface area contributed by atoms with Gasteiger partial charge >= 0.3 is 0 Å². The van der Waals surface area contributed by atoms with Crippen LogP contribution in [0.4, 0.5) is 17.1 Å². The minimum atomic E-state index is 0.824. The van der Waals surface area contributed by atoms with E-state index in [-0.39, 0.29) is 0 Å². The molecule has 3 heterocycles. The van der Waals surface area contributed by atoms with Gasteiger partial charge in [-0.25, -0.2) is 0 Å². The summed E-state index contributed by atoms with van der Waals surface area (Å²) in [5.41, 5.74) is 12.2. The van der Waals surface area contributed by atoms with E-state index >= 15 is 0 Å². The summed E-state index contributed by atoms with van der Waals surface area (Å²) in [5, 5.41) is 6.42. The molecule has 4 nitrogen and oxygen atoms in total. The summed E-state index contributed by atoms with van der Waals surface area (Å²) in [7, 11) is 0. The first-order chi connectivity index (χ1) is 25.8. The fourth-order valence-electron chi connectivity index (χ4n) is 8.01. The van der Waals surface area contributed by atoms with E-state index < -0.39 is 0 Å². The number of rotatable bonds is 5. The predicted molar refractivity (Wildman–Crippen MR) is 214 cm³/mol. The summed E-state index contributed by atoms with van der Waals surface area (Å²) >= 11 is 0. The molecule has 0 spiro atoms. The number of hydrogen-bond acceptors (Lipinski definition) is 4. The van der Waals surface area contributed by atoms with Gasteiger partial charge in [0.05, 0.1) is 11.1 Å². The molecule has 0 aliphatic rings. The van der Waals surface area contributed by atoms with Gasteiger partial charge in [0.25, 0.3) is 0 Å². The molecule has 11 rings (SSSR count). The van der Waals surface area contributed by atoms with Crippen molar-refractivity contribution in [2.75, 3.05) is 4.90 Å². The number of para-hydroxylation sites is 7. The number of anilines is 3. The minimum Gasteiger partial charge on any atom is -0.455 e. The molecule has 0 aliphatic heterocycles. The molecule has 0 saturated heterocycles. The van der Waals surface area contributed by atoms with E-state index in [0.717, 1.165) is 105 Å². The molecule has 11 aromatic rings. The number of benzene rings is 8. The Hall–Kier alpha value is -7.04. The Balaban J connectivity index is 1.13. The van der Waals surface area contributed by atoms with E-state index in [1.165, 1.54) is 0 Å². The quantitative estimate of drug-likeness (QED) is 0.183. The van der Waals surface area contributed by atoms with Crippen LogP contribution in [0.25, 0.3) is 88.1 Å². The van der Waals surface area contributed by atoms with Crippen LogP contribution in [0.2, 0.25) is 0 Å². The van der Waals surface area contributed by atoms with Crippen molar-refractivity contribution in [2.24, 2.45) is 0 Å². The number of furan rings is 3. The van der Waals surface area contributed by atoms with Crippen LogP contribution in [0.15, 0.2) is 189 Å². The summed E-state index contributed by atoms with van der Waals surface area (Å²) in [6, 6.07) is 61.0. The second-order valence-corrected chi connectivity index (χ2v) is 13.2. The molecule has 4 heteroatoms. The molecule has 0 amide bonds. The summed E-state index contributed by atoms with van der Waals surface area (Å²) in [6.45, 7) is 0. The van der Waals surface area contributed by atoms with Crippen molar-refractivity contribution in [3.8, 4) is 22.3 Å². The highest BCUT2D eigenvalue weighted by Gasteiger charge is 2.23. The molecular weight excluding hydrogens is 639 g/mol. The van der Waals surface area contributed by atoms with Crippen molar-refractivity contribution >= 4 is 82.9 Å². The Labute approximate surface area is 298 Å². The van der Waals surface area contributed by atoms with E-state index in [0.29, 0.717) is 0 Å². The minimum absolute atomic E-state index is 0.824. The van der Waals surface area contributed by atoms with E-state index in [4.69, 9.17) is 13.3 Å². The summed E-state index contributed by atoms with van der Waals surface area (Å²) in [5.74, 6) is 0. The van der Waals surface area contributed by atoms with Crippen molar-refractivity contribution < 1.29 is 13.3 Å². The smallest absolute Gasteiger partial charge is 0.143 e. The normalized spacial score (nSPS) is 11.8. The lowest BCUT2D eigenvalue weighted by Gasteiger charge is -2.26. The maximum absolute atomic E-state index is 6.96. The van der Waals surface area contributed by atoms with Crippen molar-refractivity contribution in [1.29, 1.82) is 0 Å². The molecule has 0 aliphatic carbocycles. The van der Waals surface area contributed by atoms with Crippen molar-refractivity contribution in [3.63, 3.8) is 0 Å². The van der Waals surface area contributed by atoms with Crippen LogP contribution in [0.3, 0.4) is 0 Å². The van der Waals surface area contributed by atoms with Gasteiger partial charge in [0.15, 0.2) is 0 Å². The van der Waals surface area contributed by atoms with Gasteiger partial charge in [-0.3, -0.25) is 0 Å². The third-order valence-electron chi connectivity index (χ3n) is 10.3. The molecular formula is C48H29NO3. The molecule has 0 fully saturated rings. The Morgan fingerprint density at radius 2 is 0.692 bits per heavy atom. The molecule has 3 aromatic heterocycles. The van der Waals surface area contributed by atoms with E-state index in [2.05, 4.69) is 157 Å². The van der Waals surface area contributed by atoms with Crippen LogP contribution >= 0.6 is 0 Å². The van der Waals surface area contributed by atoms with Gasteiger partial charge in [0.2, 0.25) is 0 Å². The largest absolute Gasteiger partial charge is 0.455 e. The first-order valence-corrected chi connectivity index (χ1v) is 17.5. The molecule has 0 unspecified atom stereocenters. The van der Waals surface area contributed by atoms with Gasteiger partial charge in [-0.1, -0.05) is 133 Å². The van der Waals surface area contributed by atoms with Crippen LogP contribution in [0.1, 0.15) is 0 Å². The number of hydrogen-bond donors (Lipinski definition) is 0. The second-order valence-electron chi connectivity index (χ2n) is 13.2. The lowest BCUT2D eigenvalue weighted by molar-refractivity contribution is 0.663. The maximum Gasteiger partial charge on any atom is 0.143 e. The molecule has 0 radical (unpaired) electrons. The lowest BCUT2D eigenvalue weighted by atomic mass is 9.98. The van der Waals surface area contributed by atoms with Gasteiger partial charge in [-0.2, -0.15) is 0 Å². The van der Waals surface area contributed by atoms with E-state index in [1.54, 1.807) is 0 Å². The van der Waals surface area contributed by atoms with Crippen LogP contribution < -0.4 is 4.90 Å². The van der Waals surface area contributed by atoms with Gasteiger partial charge < -0.3 is 18.2 Å². The molecule has 0 saturated carbocycles. The zero-order chi connectivity index (χ0) is 34.2. The molecule has 0 N–H and O–H groups in total. The van der Waals surface area contributed by atoms with Crippen LogP contribution in [0.5, 0.6) is 0 Å². The van der Waals surface area contributed by atoms with Crippen LogP contribution in [0, 0.1) is 0 Å². The average Bonchev–Trinajstić information content (AvgIpc) is 3.91. The highest BCUT2D eigenvalue weighted by atomic mass is 16.3. The van der Waals surface area contributed by atoms with Crippen molar-refractivity contribution in [2.45, 2.75) is 0 Å². The zero-order valence-electron chi connectivity index (χ0n) is 27.9. The predicted octanol–water partition coefficient (Wildman–Crippen LogP) is 14.2. The van der Waals surface area contributed by atoms with Gasteiger partial charge in [-0.05, 0) is 42.5 Å². The van der Waals surface area contributed by atoms with Crippen LogP contribution in [-0.4, -0.2) is 0 Å². The monoisotopic (exact) mass is 667 g/mol. The van der Waals surface area contributed by atoms with Crippen molar-refractivity contribution in [1.82, 2.24) is 0 Å². The maximum atomic E-state index is 6.96. The number of fused-ring (bicyclic) bond motifs is 9. The highest BCUT2D eigenvalue weighted by Crippen LogP contribution is 2.47. The number of nitrogens with zero attached hydrogens (tertiary/aromatic N) is 1. The molecule has 0 bridgehead atoms. The molecule has 244 valence electrons. The lowest BCUT2D eigenvalue weighted by Crippen LogP contribution is -2.09. The molecule has 52 heavy (non-hydrogen) atoms. The molecule has 8 aromatic carbocycles. The first kappa shape index (κ1) is 28.8. The summed E-state index contributed by atoms with van der Waals surface area (Å²) < 4.78 is 20.2. The Morgan fingerprint density at radius 3 is 1.29 bits per heavy atom. The highest BCUT2D eigenvalue weighted by molar-refractivity contribution is 6.20.